The van der Waals surface area contributed by atoms with Crippen LogP contribution in [0, 0.1) is 50.2 Å². The van der Waals surface area contributed by atoms with E-state index in [1.165, 1.54) is 25.0 Å². The molecule has 8 fully saturated rings. The summed E-state index contributed by atoms with van der Waals surface area (Å²) in [5.74, 6) is -2.25. The van der Waals surface area contributed by atoms with Crippen LogP contribution in [0.2, 0.25) is 0 Å². The van der Waals surface area contributed by atoms with Gasteiger partial charge in [-0.05, 0) is 147 Å². The lowest BCUT2D eigenvalue weighted by Crippen LogP contribution is -2.69. The zero-order valence-corrected chi connectivity index (χ0v) is 57.0. The molecule has 12 N–H and O–H groups in total. The second-order valence-electron chi connectivity index (χ2n) is 32.4. The number of allylic oxidation sites excluding steroid dienone is 2. The van der Waals surface area contributed by atoms with Crippen molar-refractivity contribution in [1.29, 1.82) is 0 Å². The lowest BCUT2D eigenvalue weighted by atomic mass is 9.33. The van der Waals surface area contributed by atoms with Gasteiger partial charge in [-0.15, -0.1) is 0 Å². The Bertz CT molecular complexity index is 2820. The third-order valence-electron chi connectivity index (χ3n) is 24.9. The summed E-state index contributed by atoms with van der Waals surface area (Å²) in [7, 11) is 0. The molecule has 1 aromatic carbocycles. The monoisotopic (exact) mass is 1330 g/mol. The Labute approximate surface area is 553 Å². The van der Waals surface area contributed by atoms with Gasteiger partial charge in [0.25, 0.3) is 5.91 Å². The molecule has 0 spiro atoms. The van der Waals surface area contributed by atoms with Gasteiger partial charge >= 0.3 is 5.97 Å². The maximum absolute atomic E-state index is 15.6. The molecule has 5 aliphatic carbocycles. The van der Waals surface area contributed by atoms with Crippen molar-refractivity contribution in [2.24, 2.45) is 50.2 Å². The number of ether oxygens (including phenoxy) is 8. The highest BCUT2D eigenvalue weighted by molar-refractivity contribution is 5.82. The molecule has 1 amide bonds. The zero-order chi connectivity index (χ0) is 68.6. The Kier molecular flexibility index (Phi) is 22.0. The van der Waals surface area contributed by atoms with E-state index in [0.717, 1.165) is 50.4 Å². The number of benzene rings is 1. The second-order valence-corrected chi connectivity index (χ2v) is 32.4. The van der Waals surface area contributed by atoms with Gasteiger partial charge in [0.15, 0.2) is 31.1 Å². The molecule has 0 bridgehead atoms. The van der Waals surface area contributed by atoms with Crippen LogP contribution in [-0.2, 0) is 64.1 Å². The largest absolute Gasteiger partial charge is 0.432 e. The van der Waals surface area contributed by atoms with Gasteiger partial charge in [0, 0.05) is 6.54 Å². The summed E-state index contributed by atoms with van der Waals surface area (Å²) in [6, 6.07) is 8.88. The number of amides is 1. The van der Waals surface area contributed by atoms with Crippen molar-refractivity contribution in [3.8, 4) is 0 Å². The van der Waals surface area contributed by atoms with Gasteiger partial charge in [-0.3, -0.25) is 9.59 Å². The number of fused-ring (bicyclic) bond motifs is 7. The van der Waals surface area contributed by atoms with Crippen molar-refractivity contribution in [3.05, 3.63) is 47.0 Å². The first-order chi connectivity index (χ1) is 44.1. The molecule has 23 heteroatoms. The van der Waals surface area contributed by atoms with E-state index in [2.05, 4.69) is 91.0 Å². The molecule has 29 atom stereocenters. The summed E-state index contributed by atoms with van der Waals surface area (Å²) in [5, 5.41) is 126. The number of aryl methyl sites for hydroxylation is 1. The van der Waals surface area contributed by atoms with E-state index >= 15 is 4.79 Å². The first-order valence-electron chi connectivity index (χ1n) is 34.9. The molecule has 532 valence electrons. The lowest BCUT2D eigenvalue weighted by molar-refractivity contribution is -0.373. The number of aldehydes is 1. The Morgan fingerprint density at radius 1 is 0.628 bits per heavy atom. The molecule has 10 rings (SSSR count). The summed E-state index contributed by atoms with van der Waals surface area (Å²) in [6.45, 7) is 22.4. The zero-order valence-electron chi connectivity index (χ0n) is 57.0. The van der Waals surface area contributed by atoms with Crippen molar-refractivity contribution in [2.45, 2.75) is 313 Å². The highest BCUT2D eigenvalue weighted by Gasteiger charge is 2.73. The fourth-order valence-electron chi connectivity index (χ4n) is 18.8. The molecule has 4 saturated carbocycles. The number of rotatable bonds is 19. The Morgan fingerprint density at radius 2 is 1.24 bits per heavy atom. The van der Waals surface area contributed by atoms with Gasteiger partial charge in [-0.2, -0.15) is 0 Å². The van der Waals surface area contributed by atoms with Crippen LogP contribution in [0.15, 0.2) is 35.9 Å². The number of carbonyl (C=O) groups is 3. The molecule has 4 heterocycles. The van der Waals surface area contributed by atoms with Gasteiger partial charge < -0.3 is 104 Å². The summed E-state index contributed by atoms with van der Waals surface area (Å²) < 4.78 is 48.4. The fraction of sp³-hybridized carbons (Fsp3) is 0.845. The minimum Gasteiger partial charge on any atom is -0.432 e. The molecule has 94 heavy (non-hydrogen) atoms. The molecule has 0 aromatic heterocycles. The van der Waals surface area contributed by atoms with E-state index in [-0.39, 0.29) is 42.1 Å². The Morgan fingerprint density at radius 3 is 1.93 bits per heavy atom. The van der Waals surface area contributed by atoms with Crippen LogP contribution in [0.5, 0.6) is 0 Å². The quantitative estimate of drug-likeness (QED) is 0.0308. The number of nitrogens with one attached hydrogen (secondary N) is 1. The van der Waals surface area contributed by atoms with Gasteiger partial charge in [0.05, 0.1) is 36.4 Å². The SMILES string of the molecule is CC1O[C@@H](OC(=O)[C@]23CCC(C)(C)CC2C2=CCC4C5(C)CC[C@H](O[C@@H]6OC(C(=O)NCCCCCCCCc7ccc(C(C)(C)C)cc7)[C@@H](O)[C@H](O)C6O)[C@](C)(C=O)[C@@H]5CC[C@]4(C)[C@]2(C)CC3O)C(O[C@@H]2OC(C)[C@H](O[C@@H]3OC[C@@H](O)[C@H](O)C3O)[C@H](O)C2O)[C@@H](O)[C@H]1O. The van der Waals surface area contributed by atoms with Crippen LogP contribution in [0.4, 0.5) is 0 Å². The molecule has 4 saturated heterocycles. The number of hydrogen-bond acceptors (Lipinski definition) is 22. The Hall–Kier alpha value is -3.15. The van der Waals surface area contributed by atoms with Crippen molar-refractivity contribution in [1.82, 2.24) is 5.32 Å². The molecule has 11 unspecified atom stereocenters. The highest BCUT2D eigenvalue weighted by Crippen LogP contribution is 2.76. The van der Waals surface area contributed by atoms with E-state index in [1.54, 1.807) is 0 Å². The summed E-state index contributed by atoms with van der Waals surface area (Å²) in [4.78, 5) is 43.1. The predicted molar refractivity (Wildman–Crippen MR) is 338 cm³/mol. The van der Waals surface area contributed by atoms with Crippen molar-refractivity contribution in [3.63, 3.8) is 0 Å². The standard InChI is InChI=1S/C71H111NO22/c1-36-47(76)50(79)58(93-61-55(84)52(81)56(37(2)89-61)91-60-53(82)48(77)42(74)34-87-60)63(88-36)94-64(86)71-30-29-66(6,7)32-41(71)40-23-24-44-67(8)27-26-46(68(9,35-73)43(67)25-28-69(44,10)70(40,11)33-45(71)75)90-62-54(83)49(78)51(80)57(92-62)59(85)72-31-17-15-13-12-14-16-18-38-19-21-39(22-20-38)65(3,4)5/h19-23,35-37,41-58,60-63,74-84H,12-18,24-34H2,1-11H3,(H,72,85)/t36?,37?,41?,42-,43-,44?,45?,46+,47+,48+,49+,50+,51+,52-,53?,54?,55?,56+,57?,58?,60+,61+,62-,63+,67?,68-,69+,70-,71-/m1/s1. The third kappa shape index (κ3) is 13.4. The van der Waals surface area contributed by atoms with Crippen molar-refractivity contribution in [2.75, 3.05) is 13.2 Å². The summed E-state index contributed by atoms with van der Waals surface area (Å²) in [6.07, 6.45) is -18.1. The van der Waals surface area contributed by atoms with E-state index < -0.39 is 174 Å². The highest BCUT2D eigenvalue weighted by atomic mass is 16.8. The van der Waals surface area contributed by atoms with E-state index in [9.17, 15) is 65.8 Å². The smallest absolute Gasteiger partial charge is 0.317 e. The van der Waals surface area contributed by atoms with Crippen LogP contribution in [0.3, 0.4) is 0 Å². The number of aliphatic hydroxyl groups excluding tert-OH is 11. The molecule has 9 aliphatic rings. The molecule has 0 radical (unpaired) electrons. The summed E-state index contributed by atoms with van der Waals surface area (Å²) in [5.41, 5.74) is -0.761. The first-order valence-corrected chi connectivity index (χ1v) is 34.9. The molecule has 4 aliphatic heterocycles. The Balaban J connectivity index is 0.794. The van der Waals surface area contributed by atoms with E-state index in [0.29, 0.717) is 57.9 Å². The van der Waals surface area contributed by atoms with Crippen LogP contribution in [0.25, 0.3) is 0 Å². The fourth-order valence-corrected chi connectivity index (χ4v) is 18.8. The first kappa shape index (κ1) is 73.6. The van der Waals surface area contributed by atoms with E-state index in [1.807, 2.05) is 6.92 Å². The van der Waals surface area contributed by atoms with Gasteiger partial charge in [0.1, 0.15) is 78.8 Å². The van der Waals surface area contributed by atoms with Crippen LogP contribution in [0.1, 0.15) is 184 Å². The van der Waals surface area contributed by atoms with Gasteiger partial charge in [0.2, 0.25) is 6.29 Å². The van der Waals surface area contributed by atoms with Crippen molar-refractivity contribution >= 4 is 18.2 Å². The average Bonchev–Trinajstić information content (AvgIpc) is 0.672. The van der Waals surface area contributed by atoms with Gasteiger partial charge in [-0.25, -0.2) is 0 Å². The maximum Gasteiger partial charge on any atom is 0.317 e. The van der Waals surface area contributed by atoms with Crippen LogP contribution in [-0.4, -0.2) is 216 Å². The molecule has 1 aromatic rings. The van der Waals surface area contributed by atoms with Crippen LogP contribution >= 0.6 is 0 Å². The second kappa shape index (κ2) is 28.1. The molecular formula is C71H111NO22. The third-order valence-corrected chi connectivity index (χ3v) is 24.9. The average molecular weight is 1330 g/mol. The topological polar surface area (TPSA) is 360 Å². The lowest BCUT2D eigenvalue weighted by Gasteiger charge is -2.71. The summed E-state index contributed by atoms with van der Waals surface area (Å²) >= 11 is 0. The predicted octanol–water partition coefficient (Wildman–Crippen LogP) is 3.81. The number of aliphatic hydroxyl groups is 11. The van der Waals surface area contributed by atoms with Gasteiger partial charge in [-0.1, -0.05) is 124 Å². The number of esters is 1. The minimum absolute atomic E-state index is 0.0305. The maximum atomic E-state index is 15.6. The minimum atomic E-state index is -1.90. The van der Waals surface area contributed by atoms with Crippen LogP contribution < -0.4 is 5.32 Å². The number of unbranched alkanes of at least 4 members (excludes halogenated alkanes) is 5. The molecular weight excluding hydrogens is 1220 g/mol. The van der Waals surface area contributed by atoms with Crippen molar-refractivity contribution < 1.29 is 108 Å². The number of carbonyl (C=O) groups excluding carboxylic acids is 3. The van der Waals surface area contributed by atoms with E-state index in [4.69, 9.17) is 37.9 Å². The number of hydrogen-bond donors (Lipinski definition) is 12. The molecule has 23 nitrogen and oxygen atoms in total. The normalized spacial score (nSPS) is 47.0.